The summed E-state index contributed by atoms with van der Waals surface area (Å²) in [6, 6.07) is 3.51. The van der Waals surface area contributed by atoms with Gasteiger partial charge in [0.1, 0.15) is 5.60 Å². The number of carbonyl (C=O) groups excluding carboxylic acids is 2. The molecule has 2 aliphatic rings. The molecule has 202 valence electrons. The predicted molar refractivity (Wildman–Crippen MR) is 131 cm³/mol. The van der Waals surface area contributed by atoms with Crippen LogP contribution in [0.2, 0.25) is 5.02 Å². The van der Waals surface area contributed by atoms with Crippen LogP contribution in [0.25, 0.3) is 0 Å². The van der Waals surface area contributed by atoms with Gasteiger partial charge in [-0.25, -0.2) is 4.79 Å². The van der Waals surface area contributed by atoms with Crippen LogP contribution in [0.4, 0.5) is 18.0 Å². The molecule has 0 aromatic heterocycles. The van der Waals surface area contributed by atoms with Crippen molar-refractivity contribution in [3.63, 3.8) is 0 Å². The highest BCUT2D eigenvalue weighted by Crippen LogP contribution is 2.54. The van der Waals surface area contributed by atoms with Crippen LogP contribution in [0.5, 0.6) is 0 Å². The zero-order chi connectivity index (χ0) is 27.5. The Morgan fingerprint density at radius 1 is 1.06 bits per heavy atom. The van der Waals surface area contributed by atoms with Crippen LogP contribution >= 0.6 is 11.6 Å². The SMILES string of the molecule is CC(C)(C)OC(=O)N1CCC[C@@]1(c1cc(Cl)cc2c1CN(C(=O)[C@](C)(O)C(F)(F)F)CC2)C(C)(C)C. The van der Waals surface area contributed by atoms with E-state index >= 15 is 0 Å². The summed E-state index contributed by atoms with van der Waals surface area (Å²) in [5.41, 5.74) is -3.44. The second kappa shape index (κ2) is 9.08. The van der Waals surface area contributed by atoms with Gasteiger partial charge in [-0.05, 0) is 81.2 Å². The Hall–Kier alpha value is -2.00. The first-order chi connectivity index (χ1) is 16.2. The predicted octanol–water partition coefficient (Wildman–Crippen LogP) is 5.81. The molecule has 2 atom stereocenters. The highest BCUT2D eigenvalue weighted by molar-refractivity contribution is 6.30. The maximum absolute atomic E-state index is 13.4. The lowest BCUT2D eigenvalue weighted by molar-refractivity contribution is -0.250. The van der Waals surface area contributed by atoms with Gasteiger partial charge < -0.3 is 14.7 Å². The molecule has 0 saturated carbocycles. The Morgan fingerprint density at radius 3 is 2.19 bits per heavy atom. The minimum absolute atomic E-state index is 0.0101. The Morgan fingerprint density at radius 2 is 1.67 bits per heavy atom. The third kappa shape index (κ3) is 4.93. The first-order valence-electron chi connectivity index (χ1n) is 12.1. The Balaban J connectivity index is 2.15. The third-order valence-corrected chi connectivity index (χ3v) is 7.46. The number of hydrogen-bond acceptors (Lipinski definition) is 4. The van der Waals surface area contributed by atoms with Gasteiger partial charge in [0.25, 0.3) is 5.91 Å². The fourth-order valence-corrected chi connectivity index (χ4v) is 5.69. The molecule has 6 nitrogen and oxygen atoms in total. The van der Waals surface area contributed by atoms with Crippen molar-refractivity contribution in [3.05, 3.63) is 33.8 Å². The number of halogens is 4. The van der Waals surface area contributed by atoms with Gasteiger partial charge in [0.05, 0.1) is 5.54 Å². The molecule has 0 unspecified atom stereocenters. The van der Waals surface area contributed by atoms with E-state index in [0.29, 0.717) is 42.5 Å². The lowest BCUT2D eigenvalue weighted by atomic mass is 9.65. The number of nitrogens with zero attached hydrogens (tertiary/aromatic N) is 2. The molecule has 1 fully saturated rings. The summed E-state index contributed by atoms with van der Waals surface area (Å²) in [5, 5.41) is 10.5. The zero-order valence-corrected chi connectivity index (χ0v) is 22.7. The number of alkyl halides is 3. The fraction of sp³-hybridized carbons (Fsp3) is 0.692. The zero-order valence-electron chi connectivity index (χ0n) is 22.0. The molecule has 0 bridgehead atoms. The van der Waals surface area contributed by atoms with Gasteiger partial charge in [0.2, 0.25) is 5.60 Å². The van der Waals surface area contributed by atoms with Crippen LogP contribution in [-0.4, -0.2) is 57.4 Å². The Kier molecular flexibility index (Phi) is 7.21. The summed E-state index contributed by atoms with van der Waals surface area (Å²) in [7, 11) is 0. The van der Waals surface area contributed by atoms with Crippen LogP contribution in [0.1, 0.15) is 78.0 Å². The van der Waals surface area contributed by atoms with E-state index in [4.69, 9.17) is 16.3 Å². The van der Waals surface area contributed by atoms with Crippen molar-refractivity contribution in [2.45, 2.75) is 97.2 Å². The molecule has 1 N–H and O–H groups in total. The van der Waals surface area contributed by atoms with Crippen LogP contribution in [-0.2, 0) is 28.0 Å². The van der Waals surface area contributed by atoms with Crippen molar-refractivity contribution in [1.29, 1.82) is 0 Å². The molecule has 0 radical (unpaired) electrons. The number of ether oxygens (including phenoxy) is 1. The first kappa shape index (κ1) is 28.6. The molecule has 1 saturated heterocycles. The van der Waals surface area contributed by atoms with Gasteiger partial charge in [-0.1, -0.05) is 32.4 Å². The number of likely N-dealkylation sites (tertiary alicyclic amines) is 1. The fourth-order valence-electron chi connectivity index (χ4n) is 5.45. The van der Waals surface area contributed by atoms with Crippen molar-refractivity contribution < 1.29 is 32.6 Å². The van der Waals surface area contributed by atoms with E-state index in [1.807, 2.05) is 20.8 Å². The highest BCUT2D eigenvalue weighted by atomic mass is 35.5. The lowest BCUT2D eigenvalue weighted by Gasteiger charge is -2.50. The van der Waals surface area contributed by atoms with E-state index in [1.165, 1.54) is 0 Å². The topological polar surface area (TPSA) is 70.1 Å². The third-order valence-electron chi connectivity index (χ3n) is 7.24. The molecular formula is C26H36ClF3N2O4. The smallest absolute Gasteiger partial charge is 0.426 e. The molecule has 0 aliphatic carbocycles. The monoisotopic (exact) mass is 532 g/mol. The molecule has 1 aromatic rings. The molecule has 10 heteroatoms. The molecule has 2 heterocycles. The Labute approximate surface area is 215 Å². The summed E-state index contributed by atoms with van der Waals surface area (Å²) >= 11 is 6.53. The number of hydrogen-bond donors (Lipinski definition) is 1. The van der Waals surface area contributed by atoms with Crippen molar-refractivity contribution in [1.82, 2.24) is 9.80 Å². The number of rotatable bonds is 2. The summed E-state index contributed by atoms with van der Waals surface area (Å²) in [6.07, 6.45) is -4.03. The maximum Gasteiger partial charge on any atom is 0.426 e. The van der Waals surface area contributed by atoms with Crippen molar-refractivity contribution in [2.75, 3.05) is 13.1 Å². The van der Waals surface area contributed by atoms with Crippen LogP contribution in [0, 0.1) is 5.41 Å². The van der Waals surface area contributed by atoms with Gasteiger partial charge in [0.15, 0.2) is 0 Å². The molecule has 3 rings (SSSR count). The number of carbonyl (C=O) groups is 2. The molecule has 2 aliphatic heterocycles. The minimum atomic E-state index is -5.11. The second-order valence-electron chi connectivity index (χ2n) is 12.0. The summed E-state index contributed by atoms with van der Waals surface area (Å²) in [4.78, 5) is 29.0. The van der Waals surface area contributed by atoms with E-state index in [1.54, 1.807) is 37.8 Å². The van der Waals surface area contributed by atoms with Crippen molar-refractivity contribution in [3.8, 4) is 0 Å². The van der Waals surface area contributed by atoms with Gasteiger partial charge in [0, 0.05) is 24.7 Å². The number of fused-ring (bicyclic) bond motifs is 1. The van der Waals surface area contributed by atoms with Gasteiger partial charge in [-0.15, -0.1) is 0 Å². The number of aliphatic hydroxyl groups is 1. The van der Waals surface area contributed by atoms with Crippen molar-refractivity contribution in [2.24, 2.45) is 5.41 Å². The summed E-state index contributed by atoms with van der Waals surface area (Å²) < 4.78 is 46.0. The van der Waals surface area contributed by atoms with Gasteiger partial charge >= 0.3 is 12.3 Å². The highest BCUT2D eigenvalue weighted by Gasteiger charge is 2.58. The summed E-state index contributed by atoms with van der Waals surface area (Å²) in [6.45, 7) is 12.2. The van der Waals surface area contributed by atoms with Crippen LogP contribution in [0.15, 0.2) is 12.1 Å². The standard InChI is InChI=1S/C26H36ClF3N2O4/c1-22(2,3)25(10-8-11-32(25)21(34)36-23(4,5)6)19-14-17(27)13-16-9-12-31(15-18(16)19)20(33)24(7,35)26(28,29)30/h13-14,35H,8-12,15H2,1-7H3/t24-,25+/m0/s1. The van der Waals surface area contributed by atoms with E-state index in [0.717, 1.165) is 10.5 Å². The largest absolute Gasteiger partial charge is 0.444 e. The number of amides is 2. The molecule has 2 amide bonds. The normalized spacial score (nSPS) is 22.8. The first-order valence-corrected chi connectivity index (χ1v) is 12.5. The average Bonchev–Trinajstić information content (AvgIpc) is 3.16. The Bertz CT molecular complexity index is 1040. The molecule has 36 heavy (non-hydrogen) atoms. The molecule has 0 spiro atoms. The van der Waals surface area contributed by atoms with E-state index in [-0.39, 0.29) is 19.5 Å². The quantitative estimate of drug-likeness (QED) is 0.522. The van der Waals surface area contributed by atoms with Crippen molar-refractivity contribution >= 4 is 23.6 Å². The van der Waals surface area contributed by atoms with E-state index in [2.05, 4.69) is 0 Å². The number of benzene rings is 1. The average molecular weight is 533 g/mol. The van der Waals surface area contributed by atoms with Crippen LogP contribution < -0.4 is 0 Å². The minimum Gasteiger partial charge on any atom is -0.444 e. The maximum atomic E-state index is 13.4. The summed E-state index contributed by atoms with van der Waals surface area (Å²) in [5.74, 6) is -1.40. The second-order valence-corrected chi connectivity index (χ2v) is 12.4. The van der Waals surface area contributed by atoms with Gasteiger partial charge in [-0.3, -0.25) is 9.69 Å². The van der Waals surface area contributed by atoms with Gasteiger partial charge in [-0.2, -0.15) is 13.2 Å². The molecule has 1 aromatic carbocycles. The molecular weight excluding hydrogens is 497 g/mol. The van der Waals surface area contributed by atoms with E-state index < -0.39 is 40.3 Å². The van der Waals surface area contributed by atoms with Crippen LogP contribution in [0.3, 0.4) is 0 Å². The lowest BCUT2D eigenvalue weighted by Crippen LogP contribution is -2.57. The van der Waals surface area contributed by atoms with E-state index in [9.17, 15) is 27.9 Å².